The lowest BCUT2D eigenvalue weighted by molar-refractivity contribution is 0.0624. The summed E-state index contributed by atoms with van der Waals surface area (Å²) in [5.74, 6) is 0.398. The van der Waals surface area contributed by atoms with E-state index in [0.717, 1.165) is 42.1 Å². The molecule has 37 heavy (non-hydrogen) atoms. The molecule has 0 bridgehead atoms. The van der Waals surface area contributed by atoms with Crippen molar-refractivity contribution in [2.75, 3.05) is 49.5 Å². The smallest absolute Gasteiger partial charge is 0.260 e. The van der Waals surface area contributed by atoms with Crippen LogP contribution in [0.5, 0.6) is 0 Å². The number of carbonyl (C=O) groups excluding carboxylic acids is 2. The summed E-state index contributed by atoms with van der Waals surface area (Å²) in [6, 6.07) is 15.0. The molecule has 0 saturated carbocycles. The predicted octanol–water partition coefficient (Wildman–Crippen LogP) is 4.24. The third-order valence-electron chi connectivity index (χ3n) is 6.81. The highest BCUT2D eigenvalue weighted by atomic mass is 16.5. The number of para-hydroxylation sites is 1. The molecule has 9 heteroatoms. The van der Waals surface area contributed by atoms with Gasteiger partial charge in [0.15, 0.2) is 0 Å². The summed E-state index contributed by atoms with van der Waals surface area (Å²) in [4.78, 5) is 34.1. The van der Waals surface area contributed by atoms with E-state index in [2.05, 4.69) is 15.6 Å². The van der Waals surface area contributed by atoms with Gasteiger partial charge < -0.3 is 29.9 Å². The number of pyridine rings is 1. The lowest BCUT2D eigenvalue weighted by atomic mass is 10.1. The van der Waals surface area contributed by atoms with E-state index in [4.69, 9.17) is 9.47 Å². The molecule has 1 atom stereocenters. The van der Waals surface area contributed by atoms with Crippen LogP contribution < -0.4 is 20.4 Å². The molecule has 9 nitrogen and oxygen atoms in total. The van der Waals surface area contributed by atoms with Crippen molar-refractivity contribution >= 4 is 40.4 Å². The molecule has 0 spiro atoms. The van der Waals surface area contributed by atoms with E-state index in [1.807, 2.05) is 54.4 Å². The van der Waals surface area contributed by atoms with Gasteiger partial charge in [-0.15, -0.1) is 0 Å². The van der Waals surface area contributed by atoms with Crippen molar-refractivity contribution < 1.29 is 19.1 Å². The van der Waals surface area contributed by atoms with Crippen LogP contribution in [-0.2, 0) is 16.1 Å². The lowest BCUT2D eigenvalue weighted by Gasteiger charge is -2.24. The monoisotopic (exact) mass is 501 g/mol. The molecule has 2 amide bonds. The van der Waals surface area contributed by atoms with Crippen LogP contribution >= 0.6 is 0 Å². The third-order valence-corrected chi connectivity index (χ3v) is 6.81. The van der Waals surface area contributed by atoms with E-state index in [0.29, 0.717) is 35.8 Å². The van der Waals surface area contributed by atoms with Gasteiger partial charge >= 0.3 is 0 Å². The van der Waals surface area contributed by atoms with Gasteiger partial charge in [0.1, 0.15) is 5.82 Å². The van der Waals surface area contributed by atoms with Crippen molar-refractivity contribution in [3.63, 3.8) is 0 Å². The molecule has 2 aliphatic heterocycles. The summed E-state index contributed by atoms with van der Waals surface area (Å²) >= 11 is 0. The summed E-state index contributed by atoms with van der Waals surface area (Å²) in [5.41, 5.74) is 5.20. The predicted molar refractivity (Wildman–Crippen MR) is 143 cm³/mol. The zero-order chi connectivity index (χ0) is 25.9. The quantitative estimate of drug-likeness (QED) is 0.522. The van der Waals surface area contributed by atoms with Gasteiger partial charge in [0, 0.05) is 50.7 Å². The second kappa shape index (κ2) is 10.6. The summed E-state index contributed by atoms with van der Waals surface area (Å²) in [5, 5.41) is 6.43. The number of carbonyl (C=O) groups is 2. The van der Waals surface area contributed by atoms with E-state index in [1.54, 1.807) is 31.3 Å². The fraction of sp³-hybridized carbons (Fsp3) is 0.321. The molecule has 1 fully saturated rings. The average Bonchev–Trinajstić information content (AvgIpc) is 3.00. The van der Waals surface area contributed by atoms with E-state index in [1.165, 1.54) is 0 Å². The van der Waals surface area contributed by atoms with Crippen LogP contribution in [0.4, 0.5) is 28.6 Å². The average molecular weight is 502 g/mol. The van der Waals surface area contributed by atoms with Gasteiger partial charge in [-0.2, -0.15) is 0 Å². The zero-order valence-electron chi connectivity index (χ0n) is 21.3. The minimum Gasteiger partial charge on any atom is -0.380 e. The van der Waals surface area contributed by atoms with Crippen molar-refractivity contribution in [1.29, 1.82) is 0 Å². The number of benzene rings is 2. The Morgan fingerprint density at radius 1 is 1.11 bits per heavy atom. The second-order valence-corrected chi connectivity index (χ2v) is 9.32. The first-order valence-electron chi connectivity index (χ1n) is 12.3. The first kappa shape index (κ1) is 24.7. The molecule has 2 aromatic carbocycles. The first-order valence-corrected chi connectivity index (χ1v) is 12.3. The lowest BCUT2D eigenvalue weighted by Crippen LogP contribution is -2.40. The van der Waals surface area contributed by atoms with Crippen molar-refractivity contribution in [3.05, 3.63) is 71.4 Å². The van der Waals surface area contributed by atoms with E-state index in [9.17, 15) is 9.59 Å². The Bertz CT molecular complexity index is 1320. The van der Waals surface area contributed by atoms with Gasteiger partial charge in [-0.25, -0.2) is 4.98 Å². The molecule has 3 heterocycles. The Morgan fingerprint density at radius 2 is 1.95 bits per heavy atom. The molecule has 0 radical (unpaired) electrons. The number of amides is 2. The van der Waals surface area contributed by atoms with Crippen LogP contribution in [-0.4, -0.2) is 57.3 Å². The first-order chi connectivity index (χ1) is 18.0. The maximum Gasteiger partial charge on any atom is 0.260 e. The molecular formula is C28H31N5O4. The van der Waals surface area contributed by atoms with Crippen molar-refractivity contribution in [2.24, 2.45) is 0 Å². The van der Waals surface area contributed by atoms with Gasteiger partial charge in [-0.05, 0) is 43.2 Å². The molecule has 5 rings (SSSR count). The molecule has 192 valence electrons. The van der Waals surface area contributed by atoms with Crippen LogP contribution in [0, 0.1) is 0 Å². The Labute approximate surface area is 216 Å². The van der Waals surface area contributed by atoms with Gasteiger partial charge in [0.05, 0.1) is 48.1 Å². The molecule has 0 unspecified atom stereocenters. The van der Waals surface area contributed by atoms with Gasteiger partial charge in [-0.1, -0.05) is 12.1 Å². The maximum absolute atomic E-state index is 13.1. The van der Waals surface area contributed by atoms with E-state index < -0.39 is 0 Å². The van der Waals surface area contributed by atoms with E-state index >= 15 is 0 Å². The topological polar surface area (TPSA) is 96.0 Å². The number of rotatable bonds is 6. The van der Waals surface area contributed by atoms with Crippen LogP contribution in [0.3, 0.4) is 0 Å². The van der Waals surface area contributed by atoms with Gasteiger partial charge in [0.25, 0.3) is 11.8 Å². The summed E-state index contributed by atoms with van der Waals surface area (Å²) in [6.07, 6.45) is 3.56. The number of fused-ring (bicyclic) bond motifs is 2. The van der Waals surface area contributed by atoms with Crippen LogP contribution in [0.25, 0.3) is 0 Å². The number of nitrogens with one attached hydrogen (secondary N) is 2. The number of methoxy groups -OCH3 is 1. The third kappa shape index (κ3) is 5.00. The number of hydrogen-bond acceptors (Lipinski definition) is 7. The molecule has 1 saturated heterocycles. The maximum atomic E-state index is 13.1. The highest BCUT2D eigenvalue weighted by molar-refractivity contribution is 6.13. The summed E-state index contributed by atoms with van der Waals surface area (Å²) < 4.78 is 10.9. The minimum atomic E-state index is -0.129. The number of nitrogens with zero attached hydrogens (tertiary/aromatic N) is 3. The largest absolute Gasteiger partial charge is 0.380 e. The fourth-order valence-corrected chi connectivity index (χ4v) is 4.79. The number of anilines is 5. The Morgan fingerprint density at radius 3 is 2.73 bits per heavy atom. The Balaban J connectivity index is 1.42. The van der Waals surface area contributed by atoms with Gasteiger partial charge in [-0.3, -0.25) is 9.59 Å². The number of ether oxygens (including phenoxy) is 2. The van der Waals surface area contributed by atoms with Crippen LogP contribution in [0.2, 0.25) is 0 Å². The second-order valence-electron chi connectivity index (χ2n) is 9.32. The number of aromatic nitrogens is 1. The minimum absolute atomic E-state index is 0.0286. The van der Waals surface area contributed by atoms with Crippen molar-refractivity contribution in [3.8, 4) is 0 Å². The van der Waals surface area contributed by atoms with E-state index in [-0.39, 0.29) is 17.9 Å². The zero-order valence-corrected chi connectivity index (χ0v) is 21.3. The standard InChI is InChI=1S/C28H31N5O4/c1-32-23-9-5-4-8-21(23)28(35)33(2)25-15-29-26(14-24(25)32)31-22-11-10-18(13-19(22)16-36-3)27(34)30-20-7-6-12-37-17-20/h4-5,8-11,13-15,20H,6-7,12,16-17H2,1-3H3,(H,29,31)(H,30,34)/t20-/m1/s1. The van der Waals surface area contributed by atoms with Crippen molar-refractivity contribution in [2.45, 2.75) is 25.5 Å². The van der Waals surface area contributed by atoms with Crippen LogP contribution in [0.15, 0.2) is 54.7 Å². The molecule has 0 aliphatic carbocycles. The molecule has 2 N–H and O–H groups in total. The number of hydrogen-bond donors (Lipinski definition) is 2. The SMILES string of the molecule is COCc1cc(C(=O)N[C@@H]2CCCOC2)ccc1Nc1cc2c(cn1)N(C)C(=O)c1ccccc1N2C. The highest BCUT2D eigenvalue weighted by Gasteiger charge is 2.27. The highest BCUT2D eigenvalue weighted by Crippen LogP contribution is 2.40. The summed E-state index contributed by atoms with van der Waals surface area (Å²) in [6.45, 7) is 1.61. The Kier molecular flexibility index (Phi) is 7.07. The molecule has 3 aromatic rings. The molecule has 1 aromatic heterocycles. The molecular weight excluding hydrogens is 470 g/mol. The Hall–Kier alpha value is -3.95. The fourth-order valence-electron chi connectivity index (χ4n) is 4.79. The molecule has 2 aliphatic rings. The van der Waals surface area contributed by atoms with Gasteiger partial charge in [0.2, 0.25) is 0 Å². The van der Waals surface area contributed by atoms with Crippen LogP contribution in [0.1, 0.15) is 39.1 Å². The van der Waals surface area contributed by atoms with Crippen molar-refractivity contribution in [1.82, 2.24) is 10.3 Å². The normalized spacial score (nSPS) is 17.1. The summed E-state index contributed by atoms with van der Waals surface area (Å²) in [7, 11) is 5.32.